The quantitative estimate of drug-likeness (QED) is 0.219. The second-order valence-electron chi connectivity index (χ2n) is 19.3. The van der Waals surface area contributed by atoms with Crippen molar-refractivity contribution in [2.24, 2.45) is 17.3 Å². The zero-order valence-electron chi connectivity index (χ0n) is 37.2. The van der Waals surface area contributed by atoms with Gasteiger partial charge in [-0.25, -0.2) is 10.4 Å². The van der Waals surface area contributed by atoms with Gasteiger partial charge in [0.2, 0.25) is 5.91 Å². The molecular formula is C47H62N8O6S. The Morgan fingerprint density at radius 3 is 2.76 bits per heavy atom. The van der Waals surface area contributed by atoms with Gasteiger partial charge in [0.05, 0.1) is 72.0 Å². The predicted molar refractivity (Wildman–Crippen MR) is 240 cm³/mol. The van der Waals surface area contributed by atoms with E-state index in [1.54, 1.807) is 7.11 Å². The maximum Gasteiger partial charge on any atom is 0.259 e. The van der Waals surface area contributed by atoms with Gasteiger partial charge < -0.3 is 33.8 Å². The van der Waals surface area contributed by atoms with Crippen molar-refractivity contribution in [3.63, 3.8) is 0 Å². The number of hydrogen-bond donors (Lipinski definition) is 2. The van der Waals surface area contributed by atoms with Crippen LogP contribution in [0.4, 0.5) is 5.69 Å². The first-order valence-corrected chi connectivity index (χ1v) is 23.3. The number of methoxy groups -OCH3 is 1. The number of benzene rings is 1. The second kappa shape index (κ2) is 17.0. The zero-order chi connectivity index (χ0) is 43.5. The third-order valence-corrected chi connectivity index (χ3v) is 14.8. The van der Waals surface area contributed by atoms with Gasteiger partial charge in [0.1, 0.15) is 17.9 Å². The summed E-state index contributed by atoms with van der Waals surface area (Å²) in [6.45, 7) is 15.6. The van der Waals surface area contributed by atoms with E-state index >= 15 is 0 Å². The second-order valence-corrected chi connectivity index (χ2v) is 20.2. The molecule has 5 fully saturated rings. The smallest absolute Gasteiger partial charge is 0.259 e. The van der Waals surface area contributed by atoms with Gasteiger partial charge in [0.15, 0.2) is 0 Å². The number of amides is 2. The Kier molecular flexibility index (Phi) is 11.8. The summed E-state index contributed by atoms with van der Waals surface area (Å²) in [6.07, 6.45) is 5.60. The minimum Gasteiger partial charge on any atom is -0.378 e. The number of nitrogens with zero attached hydrogens (tertiary/aromatic N) is 6. The van der Waals surface area contributed by atoms with Gasteiger partial charge in [-0.05, 0) is 81.7 Å². The third kappa shape index (κ3) is 8.32. The third-order valence-electron chi connectivity index (χ3n) is 13.9. The van der Waals surface area contributed by atoms with E-state index in [9.17, 15) is 14.4 Å². The highest BCUT2D eigenvalue weighted by atomic mass is 32.1. The number of pyridine rings is 1. The maximum absolute atomic E-state index is 14.3. The molecule has 1 saturated carbocycles. The first-order valence-electron chi connectivity index (χ1n) is 22.4. The van der Waals surface area contributed by atoms with Crippen LogP contribution in [0.5, 0.6) is 0 Å². The molecular weight excluding hydrogens is 805 g/mol. The van der Waals surface area contributed by atoms with Crippen LogP contribution in [0.25, 0.3) is 33.4 Å². The van der Waals surface area contributed by atoms with Crippen molar-refractivity contribution in [3.8, 4) is 22.5 Å². The fourth-order valence-electron chi connectivity index (χ4n) is 10.1. The Morgan fingerprint density at radius 2 is 2.02 bits per heavy atom. The van der Waals surface area contributed by atoms with E-state index in [2.05, 4.69) is 91.0 Å². The number of anilines is 1. The van der Waals surface area contributed by atoms with Gasteiger partial charge in [0, 0.05) is 79.6 Å². The Bertz CT molecular complexity index is 2350. The Balaban J connectivity index is 1.17. The summed E-state index contributed by atoms with van der Waals surface area (Å²) in [5.41, 5.74) is 9.98. The summed E-state index contributed by atoms with van der Waals surface area (Å²) in [5.74, 6) is -0.202. The summed E-state index contributed by atoms with van der Waals surface area (Å²) in [5, 5.41) is 8.52. The van der Waals surface area contributed by atoms with Crippen LogP contribution in [0.1, 0.15) is 76.3 Å². The minimum atomic E-state index is -1.09. The van der Waals surface area contributed by atoms with E-state index in [1.807, 2.05) is 11.6 Å². The topological polar surface area (TPSA) is 143 Å². The van der Waals surface area contributed by atoms with Crippen LogP contribution < -0.4 is 15.6 Å². The van der Waals surface area contributed by atoms with Gasteiger partial charge in [-0.2, -0.15) is 0 Å². The molecule has 2 unspecified atom stereocenters. The molecule has 2 amide bonds. The fourth-order valence-corrected chi connectivity index (χ4v) is 10.9. The number of nitrogens with one attached hydrogen (secondary N) is 2. The van der Waals surface area contributed by atoms with Crippen molar-refractivity contribution in [1.29, 1.82) is 0 Å². The maximum atomic E-state index is 14.3. The molecule has 7 atom stereocenters. The van der Waals surface area contributed by atoms with Crippen molar-refractivity contribution < 1.29 is 28.6 Å². The summed E-state index contributed by atoms with van der Waals surface area (Å²) < 4.78 is 21.2. The molecule has 5 aliphatic heterocycles. The number of morpholine rings is 1. The molecule has 1 aliphatic carbocycles. The van der Waals surface area contributed by atoms with Crippen LogP contribution in [0.15, 0.2) is 35.8 Å². The Hall–Kier alpha value is -4.25. The number of ether oxygens (including phenoxy) is 3. The average molecular weight is 867 g/mol. The van der Waals surface area contributed by atoms with Crippen molar-refractivity contribution >= 4 is 46.0 Å². The van der Waals surface area contributed by atoms with E-state index in [1.165, 1.54) is 21.9 Å². The first kappa shape index (κ1) is 43.0. The zero-order valence-corrected chi connectivity index (χ0v) is 38.1. The molecule has 62 heavy (non-hydrogen) atoms. The van der Waals surface area contributed by atoms with Crippen LogP contribution in [0.3, 0.4) is 0 Å². The van der Waals surface area contributed by atoms with Crippen molar-refractivity contribution in [1.82, 2.24) is 35.2 Å². The fraction of sp³-hybridized carbons (Fsp3) is 0.596. The van der Waals surface area contributed by atoms with Gasteiger partial charge in [-0.15, -0.1) is 11.3 Å². The number of fused-ring (bicyclic) bond motifs is 10. The Labute approximate surface area is 368 Å². The lowest BCUT2D eigenvalue weighted by molar-refractivity contribution is -0.147. The number of hydrazine groups is 1. The number of likely N-dealkylation sites (N-methyl/N-ethyl adjacent to an activating group) is 1. The van der Waals surface area contributed by atoms with E-state index < -0.39 is 11.6 Å². The molecule has 2 N–H and O–H groups in total. The molecule has 6 aliphatic rings. The number of hydrogen-bond acceptors (Lipinski definition) is 12. The molecule has 15 heteroatoms. The van der Waals surface area contributed by atoms with Crippen molar-refractivity contribution in [2.45, 2.75) is 103 Å². The van der Waals surface area contributed by atoms with Crippen LogP contribution in [-0.4, -0.2) is 126 Å². The number of aryl methyl sites for hydroxylation is 1. The van der Waals surface area contributed by atoms with Crippen molar-refractivity contribution in [3.05, 3.63) is 52.1 Å². The highest BCUT2D eigenvalue weighted by molar-refractivity contribution is 7.10. The number of rotatable bonds is 8. The summed E-state index contributed by atoms with van der Waals surface area (Å²) in [4.78, 5) is 55.8. The summed E-state index contributed by atoms with van der Waals surface area (Å²) in [7, 11) is 3.93. The first-order chi connectivity index (χ1) is 29.8. The predicted octanol–water partition coefficient (Wildman–Crippen LogP) is 5.42. The Morgan fingerprint density at radius 1 is 1.19 bits per heavy atom. The van der Waals surface area contributed by atoms with Crippen LogP contribution in [0, 0.1) is 17.3 Å². The van der Waals surface area contributed by atoms with Gasteiger partial charge in [-0.3, -0.25) is 24.5 Å². The molecule has 332 valence electrons. The number of aromatic nitrogens is 3. The molecule has 14 nitrogen and oxygen atoms in total. The monoisotopic (exact) mass is 866 g/mol. The molecule has 4 saturated heterocycles. The van der Waals surface area contributed by atoms with E-state index in [0.29, 0.717) is 38.5 Å². The number of thiazole rings is 1. The molecule has 0 spiro atoms. The molecule has 8 heterocycles. The minimum absolute atomic E-state index is 0.0993. The molecule has 4 aromatic rings. The molecule has 1 aromatic carbocycles. The lowest BCUT2D eigenvalue weighted by atomic mass is 9.84. The van der Waals surface area contributed by atoms with Gasteiger partial charge in [-0.1, -0.05) is 26.8 Å². The van der Waals surface area contributed by atoms with E-state index in [4.69, 9.17) is 24.2 Å². The molecule has 0 radical (unpaired) electrons. The summed E-state index contributed by atoms with van der Waals surface area (Å²) in [6, 6.07) is 8.38. The highest BCUT2D eigenvalue weighted by Crippen LogP contribution is 2.44. The largest absolute Gasteiger partial charge is 0.378 e. The van der Waals surface area contributed by atoms with Crippen LogP contribution in [0.2, 0.25) is 0 Å². The summed E-state index contributed by atoms with van der Waals surface area (Å²) >= 11 is 1.49. The lowest BCUT2D eigenvalue weighted by Crippen LogP contribution is -2.66. The van der Waals surface area contributed by atoms with Crippen molar-refractivity contribution in [2.75, 3.05) is 65.1 Å². The molecule has 3 aromatic heterocycles. The normalized spacial score (nSPS) is 28.4. The number of carbonyl (C=O) groups is 3. The SMILES string of the molecule is CCn1c(-c2cc(N3CC4CN(C)C(CO4)C3)cnc2[C@H](C)OC)c2c3cc(ccc31)-c1csc(n1)C[C@H](NC(=O)[C@H]1C[C@@H]1C)C(=O)N1CCC[C@](C=O)(COCC(C)(C)C2)N1. The van der Waals surface area contributed by atoms with E-state index in [0.717, 1.165) is 95.3 Å². The molecule has 8 bridgehead atoms. The van der Waals surface area contributed by atoms with Crippen LogP contribution in [-0.2, 0) is 48.0 Å². The van der Waals surface area contributed by atoms with Gasteiger partial charge >= 0.3 is 0 Å². The number of carbonyl (C=O) groups excluding carboxylic acids is 3. The standard InChI is InChI=1S/C47H62N8O6S/c1-8-54-40-11-10-30-15-35(40)37(43(54)36-16-31(19-48-42(36)29(3)59-7)53-20-32-23-61-33(22-53)21-52(32)6)18-46(4,5)26-60-27-47(25-56)12-9-13-55(51-47)45(58)38(17-41-49-39(30)24-62-41)50-44(57)34-14-28(34)2/h10-11,15-16,19,24-25,28-29,32-34,38,51H,8-9,12-14,17-18,20-23,26-27H2,1-7H3,(H,50,57)/t28-,29-,32?,33?,34-,38-,47-/m0/s1. The van der Waals surface area contributed by atoms with Crippen LogP contribution >= 0.6 is 11.3 Å². The lowest BCUT2D eigenvalue weighted by Gasteiger charge is -2.41. The van der Waals surface area contributed by atoms with Gasteiger partial charge in [0.25, 0.3) is 5.91 Å². The average Bonchev–Trinajstić information content (AvgIpc) is 3.84. The number of aldehydes is 1. The highest BCUT2D eigenvalue weighted by Gasteiger charge is 2.44. The molecule has 10 rings (SSSR count). The van der Waals surface area contributed by atoms with E-state index in [-0.39, 0.29) is 54.3 Å².